The Morgan fingerprint density at radius 1 is 0.451 bits per heavy atom. The zero-order valence-corrected chi connectivity index (χ0v) is 44.0. The highest BCUT2D eigenvalue weighted by Gasteiger charge is 2.42. The molecule has 0 unspecified atom stereocenters. The first-order valence-corrected chi connectivity index (χ1v) is 24.5. The maximum atomic E-state index is 15.1. The summed E-state index contributed by atoms with van der Waals surface area (Å²) in [5.74, 6) is -7.16. The van der Waals surface area contributed by atoms with Crippen LogP contribution in [0.5, 0.6) is 0 Å². The van der Waals surface area contributed by atoms with Crippen LogP contribution in [0.3, 0.4) is 0 Å². The number of benzene rings is 2. The highest BCUT2D eigenvalue weighted by atomic mass is 16.3. The first-order chi connectivity index (χ1) is 33.2. The average molecular weight is 990 g/mol. The highest BCUT2D eigenvalue weighted by molar-refractivity contribution is 5.99. The Morgan fingerprint density at radius 2 is 0.873 bits per heavy atom. The van der Waals surface area contributed by atoms with E-state index in [1.54, 1.807) is 56.3 Å². The van der Waals surface area contributed by atoms with E-state index >= 15 is 9.59 Å². The van der Waals surface area contributed by atoms with Crippen LogP contribution in [0.1, 0.15) is 93.2 Å². The van der Waals surface area contributed by atoms with Gasteiger partial charge in [-0.3, -0.25) is 43.2 Å². The van der Waals surface area contributed by atoms with E-state index < -0.39 is 120 Å². The van der Waals surface area contributed by atoms with Gasteiger partial charge in [-0.05, 0) is 69.4 Å². The zero-order valence-electron chi connectivity index (χ0n) is 44.0. The van der Waals surface area contributed by atoms with Gasteiger partial charge in [0.25, 0.3) is 0 Å². The molecule has 0 bridgehead atoms. The molecule has 2 aromatic rings. The first-order valence-electron chi connectivity index (χ1n) is 24.5. The van der Waals surface area contributed by atoms with Gasteiger partial charge >= 0.3 is 0 Å². The van der Waals surface area contributed by atoms with Gasteiger partial charge in [0.1, 0.15) is 54.4 Å². The lowest BCUT2D eigenvalue weighted by Crippen LogP contribution is -2.61. The molecule has 19 nitrogen and oxygen atoms in total. The summed E-state index contributed by atoms with van der Waals surface area (Å²) in [5, 5.41) is 24.0. The molecule has 0 saturated carbocycles. The van der Waals surface area contributed by atoms with E-state index in [0.717, 1.165) is 10.5 Å². The average Bonchev–Trinajstić information content (AvgIpc) is 3.32. The minimum absolute atomic E-state index is 0.00879. The predicted molar refractivity (Wildman–Crippen MR) is 269 cm³/mol. The summed E-state index contributed by atoms with van der Waals surface area (Å²) < 4.78 is 0. The SMILES string of the molecule is CC(C)C[C@H]1C(=O)N(C)[C@@H](Cc2ccccc2)C(=O)N(C)[C@@H](CC(C)C)C(=O)N[C@H](C)C(=O)N[C@H](C(C)C)C(=O)N[C@@H](C)C(=O)N[C@@H]([C@@H](C)O)C(=O)N(C)[C@@H](C)C(=O)N[C@@H](Cc2ccccc2)C(=O)N1C. The largest absolute Gasteiger partial charge is 0.391 e. The van der Waals surface area contributed by atoms with Gasteiger partial charge in [0, 0.05) is 41.0 Å². The molecule has 71 heavy (non-hydrogen) atoms. The number of carbonyl (C=O) groups excluding carboxylic acids is 9. The molecule has 392 valence electrons. The Labute approximate surface area is 419 Å². The van der Waals surface area contributed by atoms with Crippen molar-refractivity contribution in [2.75, 3.05) is 28.2 Å². The van der Waals surface area contributed by atoms with Gasteiger partial charge in [0.2, 0.25) is 53.2 Å². The summed E-state index contributed by atoms with van der Waals surface area (Å²) in [7, 11) is 5.72. The molecule has 9 amide bonds. The number of carbonyl (C=O) groups is 9. The maximum Gasteiger partial charge on any atom is 0.248 e. The van der Waals surface area contributed by atoms with Crippen molar-refractivity contribution in [3.8, 4) is 0 Å². The summed E-state index contributed by atoms with van der Waals surface area (Å²) in [5.41, 5.74) is 1.40. The van der Waals surface area contributed by atoms with Crippen molar-refractivity contribution >= 4 is 53.2 Å². The summed E-state index contributed by atoms with van der Waals surface area (Å²) in [4.78, 5) is 133. The van der Waals surface area contributed by atoms with Gasteiger partial charge in [0.05, 0.1) is 6.10 Å². The molecule has 1 aliphatic rings. The van der Waals surface area contributed by atoms with Crippen molar-refractivity contribution in [3.63, 3.8) is 0 Å². The summed E-state index contributed by atoms with van der Waals surface area (Å²) in [6, 6.07) is 6.69. The maximum absolute atomic E-state index is 15.1. The van der Waals surface area contributed by atoms with E-state index in [4.69, 9.17) is 0 Å². The predicted octanol–water partition coefficient (Wildman–Crippen LogP) is 1.41. The number of nitrogens with zero attached hydrogens (tertiary/aromatic N) is 4. The lowest BCUT2D eigenvalue weighted by atomic mass is 9.96. The fourth-order valence-corrected chi connectivity index (χ4v) is 8.31. The number of nitrogens with one attached hydrogen (secondary N) is 5. The Balaban J connectivity index is 2.25. The third kappa shape index (κ3) is 16.3. The fraction of sp³-hybridized carbons (Fsp3) is 0.596. The smallest absolute Gasteiger partial charge is 0.248 e. The van der Waals surface area contributed by atoms with Crippen molar-refractivity contribution in [1.82, 2.24) is 46.2 Å². The van der Waals surface area contributed by atoms with Gasteiger partial charge in [0.15, 0.2) is 0 Å². The lowest BCUT2D eigenvalue weighted by Gasteiger charge is -2.39. The molecule has 0 spiro atoms. The van der Waals surface area contributed by atoms with E-state index in [2.05, 4.69) is 26.6 Å². The number of likely N-dealkylation sites (N-methyl/N-ethyl adjacent to an activating group) is 4. The summed E-state index contributed by atoms with van der Waals surface area (Å²) in [6.45, 7) is 16.3. The first kappa shape index (κ1) is 58.9. The molecule has 19 heteroatoms. The summed E-state index contributed by atoms with van der Waals surface area (Å²) in [6.07, 6.45) is -1.11. The molecule has 1 aliphatic heterocycles. The Hall–Kier alpha value is -6.37. The molecular weight excluding hydrogens is 911 g/mol. The van der Waals surface area contributed by atoms with Crippen LogP contribution in [0.25, 0.3) is 0 Å². The van der Waals surface area contributed by atoms with Crippen molar-refractivity contribution in [2.45, 2.75) is 155 Å². The Bertz CT molecular complexity index is 2170. The van der Waals surface area contributed by atoms with Gasteiger partial charge in [-0.1, -0.05) is 102 Å². The summed E-state index contributed by atoms with van der Waals surface area (Å²) >= 11 is 0. The minimum atomic E-state index is -1.58. The number of aliphatic hydroxyl groups is 1. The molecule has 1 heterocycles. The highest BCUT2D eigenvalue weighted by Crippen LogP contribution is 2.22. The van der Waals surface area contributed by atoms with Crippen molar-refractivity contribution < 1.29 is 48.3 Å². The topological polar surface area (TPSA) is 247 Å². The van der Waals surface area contributed by atoms with E-state index in [0.29, 0.717) is 5.56 Å². The van der Waals surface area contributed by atoms with Gasteiger partial charge < -0.3 is 51.3 Å². The lowest BCUT2D eigenvalue weighted by molar-refractivity contribution is -0.153. The number of rotatable bonds is 10. The minimum Gasteiger partial charge on any atom is -0.391 e. The van der Waals surface area contributed by atoms with Gasteiger partial charge in [-0.15, -0.1) is 0 Å². The van der Waals surface area contributed by atoms with E-state index in [9.17, 15) is 38.7 Å². The number of hydrogen-bond acceptors (Lipinski definition) is 10. The number of aliphatic hydroxyl groups excluding tert-OH is 1. The monoisotopic (exact) mass is 990 g/mol. The normalized spacial score (nSPS) is 26.5. The second-order valence-electron chi connectivity index (χ2n) is 20.1. The molecule has 6 N–H and O–H groups in total. The number of hydrogen-bond donors (Lipinski definition) is 6. The Kier molecular flexibility index (Phi) is 22.2. The van der Waals surface area contributed by atoms with Crippen LogP contribution >= 0.6 is 0 Å². The fourth-order valence-electron chi connectivity index (χ4n) is 8.31. The molecule has 0 radical (unpaired) electrons. The molecule has 2 aromatic carbocycles. The molecule has 1 saturated heterocycles. The van der Waals surface area contributed by atoms with E-state index in [1.807, 2.05) is 45.9 Å². The molecular formula is C52H79N9O10. The van der Waals surface area contributed by atoms with E-state index in [1.165, 1.54) is 70.6 Å². The zero-order chi connectivity index (χ0) is 53.6. The standard InChI is InChI=1S/C52H79N9O10/c1-29(2)25-39-47(66)53-32(7)44(63)56-42(31(5)6)48(67)54-33(8)45(64)57-43(35(10)62)52(71)58(11)34(9)46(65)55-38(27-36-21-17-15-18-22-36)49(68)60(13)40(26-30(3)4)50(69)61(14)41(51(70)59(39)12)28-37-23-19-16-20-24-37/h15-24,29-35,38-43,62H,25-28H2,1-14H3,(H,53,66)(H,54,67)(H,55,65)(H,56,63)(H,57,64)/t32-,33+,34+,35-,38+,39+,40+,41+,42-,43+/m1/s1. The Morgan fingerprint density at radius 3 is 1.35 bits per heavy atom. The van der Waals surface area contributed by atoms with Crippen LogP contribution in [-0.4, -0.2) is 167 Å². The molecule has 0 aromatic heterocycles. The second-order valence-corrected chi connectivity index (χ2v) is 20.1. The van der Waals surface area contributed by atoms with Crippen LogP contribution in [-0.2, 0) is 56.0 Å². The number of amides is 9. The molecule has 0 aliphatic carbocycles. The van der Waals surface area contributed by atoms with E-state index in [-0.39, 0.29) is 37.5 Å². The molecule has 1 fully saturated rings. The van der Waals surface area contributed by atoms with Gasteiger partial charge in [-0.2, -0.15) is 0 Å². The van der Waals surface area contributed by atoms with Crippen LogP contribution in [0.15, 0.2) is 60.7 Å². The van der Waals surface area contributed by atoms with Crippen LogP contribution in [0.2, 0.25) is 0 Å². The quantitative estimate of drug-likeness (QED) is 0.200. The van der Waals surface area contributed by atoms with Crippen molar-refractivity contribution in [3.05, 3.63) is 71.8 Å². The van der Waals surface area contributed by atoms with Crippen LogP contribution in [0, 0.1) is 17.8 Å². The third-order valence-corrected chi connectivity index (χ3v) is 13.0. The van der Waals surface area contributed by atoms with Gasteiger partial charge in [-0.25, -0.2) is 0 Å². The second kappa shape index (κ2) is 26.7. The van der Waals surface area contributed by atoms with Crippen molar-refractivity contribution in [1.29, 1.82) is 0 Å². The van der Waals surface area contributed by atoms with Crippen LogP contribution < -0.4 is 26.6 Å². The van der Waals surface area contributed by atoms with Crippen LogP contribution in [0.4, 0.5) is 0 Å². The molecule has 10 atom stereocenters. The van der Waals surface area contributed by atoms with Crippen molar-refractivity contribution in [2.24, 2.45) is 17.8 Å². The molecule has 3 rings (SSSR count). The third-order valence-electron chi connectivity index (χ3n) is 13.0.